The van der Waals surface area contributed by atoms with Crippen LogP contribution in [0.3, 0.4) is 0 Å². The van der Waals surface area contributed by atoms with Crippen LogP contribution in [0.1, 0.15) is 6.92 Å². The van der Waals surface area contributed by atoms with E-state index in [9.17, 15) is 9.59 Å². The van der Waals surface area contributed by atoms with Crippen LogP contribution in [0.5, 0.6) is 0 Å². The second-order valence-electron chi connectivity index (χ2n) is 2.58. The maximum atomic E-state index is 11.2. The van der Waals surface area contributed by atoms with Crippen molar-refractivity contribution in [3.63, 3.8) is 0 Å². The fourth-order valence-electron chi connectivity index (χ4n) is 0.950. The Bertz CT molecular complexity index is 259. The van der Waals surface area contributed by atoms with Gasteiger partial charge < -0.3 is 0 Å². The Balaban J connectivity index is 2.87. The topological polar surface area (TPSA) is 72.6 Å². The van der Waals surface area contributed by atoms with Crippen LogP contribution in [-0.2, 0) is 14.4 Å². The number of likely N-dealkylation sites (N-methyl/N-ethyl adjacent to an activating group) is 1. The fraction of sp³-hybridized carbons (Fsp3) is 0.429. The highest BCUT2D eigenvalue weighted by atomic mass is 16.6. The number of nitrogens with two attached hydrogens (primary N) is 1. The molecule has 1 unspecified atom stereocenters. The quantitative estimate of drug-likeness (QED) is 0.434. The molecule has 0 saturated carbocycles. The number of hydrogen-bond acceptors (Lipinski definition) is 4. The minimum Gasteiger partial charge on any atom is -0.297 e. The van der Waals surface area contributed by atoms with Crippen LogP contribution >= 0.6 is 0 Å². The van der Waals surface area contributed by atoms with Gasteiger partial charge in [-0.2, -0.15) is 0 Å². The molecule has 2 amide bonds. The van der Waals surface area contributed by atoms with E-state index in [0.29, 0.717) is 5.57 Å². The first-order valence-corrected chi connectivity index (χ1v) is 3.47. The molecule has 0 aromatic heterocycles. The van der Waals surface area contributed by atoms with Gasteiger partial charge in [0.05, 0.1) is 5.57 Å². The molecular formula is C7H10N2O3. The molecule has 66 valence electrons. The number of hydrogen-bond donors (Lipinski definition) is 1. The van der Waals surface area contributed by atoms with Crippen LogP contribution in [0, 0.1) is 0 Å². The smallest absolute Gasteiger partial charge is 0.259 e. The van der Waals surface area contributed by atoms with Gasteiger partial charge in [-0.3, -0.25) is 19.3 Å². The van der Waals surface area contributed by atoms with Gasteiger partial charge in [-0.15, -0.1) is 0 Å². The van der Waals surface area contributed by atoms with Gasteiger partial charge >= 0.3 is 0 Å². The second kappa shape index (κ2) is 3.04. The molecule has 5 heteroatoms. The van der Waals surface area contributed by atoms with Crippen LogP contribution in [-0.4, -0.2) is 29.9 Å². The lowest BCUT2D eigenvalue weighted by atomic mass is 10.2. The first-order valence-electron chi connectivity index (χ1n) is 3.47. The van der Waals surface area contributed by atoms with Crippen molar-refractivity contribution in [1.29, 1.82) is 0 Å². The number of imide groups is 1. The monoisotopic (exact) mass is 170 g/mol. The van der Waals surface area contributed by atoms with E-state index in [4.69, 9.17) is 5.90 Å². The molecule has 1 rings (SSSR count). The van der Waals surface area contributed by atoms with E-state index in [1.54, 1.807) is 6.92 Å². The molecule has 2 N–H and O–H groups in total. The minimum atomic E-state index is -0.536. The fourth-order valence-corrected chi connectivity index (χ4v) is 0.950. The zero-order chi connectivity index (χ0) is 9.30. The first-order chi connectivity index (χ1) is 5.57. The predicted molar refractivity (Wildman–Crippen MR) is 40.6 cm³/mol. The third-order valence-electron chi connectivity index (χ3n) is 1.80. The van der Waals surface area contributed by atoms with E-state index >= 15 is 0 Å². The molecule has 0 aromatic rings. The number of carbonyl (C=O) groups is 2. The first kappa shape index (κ1) is 8.89. The Morgan fingerprint density at radius 1 is 1.58 bits per heavy atom. The third-order valence-corrected chi connectivity index (χ3v) is 1.80. The normalized spacial score (nSPS) is 19.9. The molecule has 12 heavy (non-hydrogen) atoms. The van der Waals surface area contributed by atoms with Crippen molar-refractivity contribution in [1.82, 2.24) is 4.90 Å². The van der Waals surface area contributed by atoms with E-state index in [-0.39, 0.29) is 11.8 Å². The highest BCUT2D eigenvalue weighted by Gasteiger charge is 2.30. The standard InChI is InChI=1S/C7H10N2O3/c1-4(12-8)5-3-6(10)9(2)7(5)11/h3-4H,8H2,1-2H3. The Hall–Kier alpha value is -1.20. The predicted octanol–water partition coefficient (Wildman–Crippen LogP) is -0.810. The molecule has 1 aliphatic rings. The summed E-state index contributed by atoms with van der Waals surface area (Å²) >= 11 is 0. The highest BCUT2D eigenvalue weighted by Crippen LogP contribution is 2.15. The van der Waals surface area contributed by atoms with Crippen LogP contribution in [0.2, 0.25) is 0 Å². The largest absolute Gasteiger partial charge is 0.297 e. The molecule has 5 nitrogen and oxygen atoms in total. The lowest BCUT2D eigenvalue weighted by molar-refractivity contribution is -0.136. The van der Waals surface area contributed by atoms with Crippen LogP contribution < -0.4 is 5.90 Å². The number of amides is 2. The van der Waals surface area contributed by atoms with Gasteiger partial charge in [0.1, 0.15) is 6.10 Å². The van der Waals surface area contributed by atoms with E-state index in [0.717, 1.165) is 4.90 Å². The SMILES string of the molecule is CC(ON)C1=CC(=O)N(C)C1=O. The van der Waals surface area contributed by atoms with Gasteiger partial charge in [0.2, 0.25) is 0 Å². The van der Waals surface area contributed by atoms with Crippen LogP contribution in [0.15, 0.2) is 11.6 Å². The average Bonchev–Trinajstić information content (AvgIpc) is 2.32. The Morgan fingerprint density at radius 2 is 2.17 bits per heavy atom. The molecule has 0 bridgehead atoms. The van der Waals surface area contributed by atoms with Gasteiger partial charge in [-0.1, -0.05) is 0 Å². The van der Waals surface area contributed by atoms with Gasteiger partial charge in [-0.05, 0) is 6.92 Å². The van der Waals surface area contributed by atoms with Crippen molar-refractivity contribution in [2.24, 2.45) is 5.90 Å². The Morgan fingerprint density at radius 3 is 2.50 bits per heavy atom. The molecule has 0 fully saturated rings. The lowest BCUT2D eigenvalue weighted by Gasteiger charge is -2.10. The molecule has 0 spiro atoms. The summed E-state index contributed by atoms with van der Waals surface area (Å²) in [5.74, 6) is 4.20. The molecule has 0 aromatic carbocycles. The zero-order valence-electron chi connectivity index (χ0n) is 6.90. The van der Waals surface area contributed by atoms with E-state index in [1.165, 1.54) is 13.1 Å². The Kier molecular flexibility index (Phi) is 2.25. The van der Waals surface area contributed by atoms with E-state index in [1.807, 2.05) is 0 Å². The second-order valence-corrected chi connectivity index (χ2v) is 2.58. The minimum absolute atomic E-state index is 0.296. The highest BCUT2D eigenvalue weighted by molar-refractivity contribution is 6.16. The van der Waals surface area contributed by atoms with Crippen molar-refractivity contribution in [3.05, 3.63) is 11.6 Å². The van der Waals surface area contributed by atoms with Gasteiger partial charge in [0, 0.05) is 13.1 Å². The van der Waals surface area contributed by atoms with Crippen molar-refractivity contribution >= 4 is 11.8 Å². The summed E-state index contributed by atoms with van der Waals surface area (Å²) in [5.41, 5.74) is 0.296. The van der Waals surface area contributed by atoms with Crippen molar-refractivity contribution in [2.45, 2.75) is 13.0 Å². The maximum Gasteiger partial charge on any atom is 0.259 e. The summed E-state index contributed by atoms with van der Waals surface area (Å²) in [6.45, 7) is 1.61. The van der Waals surface area contributed by atoms with Crippen molar-refractivity contribution in [2.75, 3.05) is 7.05 Å². The molecular weight excluding hydrogens is 160 g/mol. The molecule has 1 atom stereocenters. The van der Waals surface area contributed by atoms with Crippen LogP contribution in [0.4, 0.5) is 0 Å². The van der Waals surface area contributed by atoms with Gasteiger partial charge in [-0.25, -0.2) is 5.90 Å². The molecule has 1 heterocycles. The van der Waals surface area contributed by atoms with E-state index in [2.05, 4.69) is 4.84 Å². The van der Waals surface area contributed by atoms with Gasteiger partial charge in [0.25, 0.3) is 11.8 Å². The summed E-state index contributed by atoms with van der Waals surface area (Å²) in [6, 6.07) is 0. The molecule has 1 aliphatic heterocycles. The zero-order valence-corrected chi connectivity index (χ0v) is 6.90. The lowest BCUT2D eigenvalue weighted by Crippen LogP contribution is -2.29. The molecule has 0 aliphatic carbocycles. The molecule has 0 saturated heterocycles. The summed E-state index contributed by atoms with van der Waals surface area (Å²) in [4.78, 5) is 27.6. The van der Waals surface area contributed by atoms with E-state index < -0.39 is 6.10 Å². The maximum absolute atomic E-state index is 11.2. The summed E-state index contributed by atoms with van der Waals surface area (Å²) in [6.07, 6.45) is 0.700. The average molecular weight is 170 g/mol. The van der Waals surface area contributed by atoms with Gasteiger partial charge in [0.15, 0.2) is 0 Å². The third kappa shape index (κ3) is 1.24. The van der Waals surface area contributed by atoms with Crippen molar-refractivity contribution in [3.8, 4) is 0 Å². The number of rotatable bonds is 2. The Labute approximate surface area is 69.7 Å². The van der Waals surface area contributed by atoms with Crippen molar-refractivity contribution < 1.29 is 14.4 Å². The van der Waals surface area contributed by atoms with Crippen LogP contribution in [0.25, 0.3) is 0 Å². The summed E-state index contributed by atoms with van der Waals surface area (Å²) in [7, 11) is 1.41. The molecule has 0 radical (unpaired) electrons. The summed E-state index contributed by atoms with van der Waals surface area (Å²) < 4.78 is 0. The number of carbonyl (C=O) groups excluding carboxylic acids is 2. The summed E-state index contributed by atoms with van der Waals surface area (Å²) in [5, 5.41) is 0. The number of nitrogens with zero attached hydrogens (tertiary/aromatic N) is 1.